The molecule has 268 valence electrons. The van der Waals surface area contributed by atoms with Crippen LogP contribution >= 0.6 is 0 Å². The molecule has 18 heteroatoms. The molecule has 0 saturated carbocycles. The Balaban J connectivity index is 0.000000369. The van der Waals surface area contributed by atoms with Gasteiger partial charge in [0.1, 0.15) is 12.2 Å². The standard InChI is InChI=1S/C11H14N2O5.C11H16N2O3.C9H12N2O4/c1-7(15)12-10(6-14)11(16)8-2-4-9(5-3-8)13(17)18;1-7(15)13-10(6-14)11(16)8-2-4-9(12)5-3-8;10-8(5-12)9(13)6-1-3-7(4-2-6)11(14)15/h2-5,10-11,14,16H,6H2,1H3,(H,12,15);2-5,10-11,14,16H,6,12H2,1H3,(H,13,15);1-4,8-9,12-13H,5,10H2/t2*10-,11-;8-,9-/m111/s1. The summed E-state index contributed by atoms with van der Waals surface area (Å²) in [6.45, 7) is 1.49. The lowest BCUT2D eigenvalue weighted by Crippen LogP contribution is -2.40. The van der Waals surface area contributed by atoms with Crippen LogP contribution in [0.3, 0.4) is 0 Å². The van der Waals surface area contributed by atoms with Gasteiger partial charge < -0.3 is 52.7 Å². The quantitative estimate of drug-likeness (QED) is 0.0635. The van der Waals surface area contributed by atoms with Crippen molar-refractivity contribution in [3.8, 4) is 0 Å². The summed E-state index contributed by atoms with van der Waals surface area (Å²) in [6, 6.07) is 14.9. The Bertz CT molecular complexity index is 1480. The normalized spacial score (nSPS) is 14.1. The summed E-state index contributed by atoms with van der Waals surface area (Å²) in [7, 11) is 0. The van der Waals surface area contributed by atoms with Crippen LogP contribution in [-0.2, 0) is 9.59 Å². The number of carbonyl (C=O) groups excluding carboxylic acids is 2. The summed E-state index contributed by atoms with van der Waals surface area (Å²) in [5.74, 6) is -0.677. The highest BCUT2D eigenvalue weighted by Crippen LogP contribution is 2.21. The van der Waals surface area contributed by atoms with Crippen molar-refractivity contribution in [2.75, 3.05) is 25.6 Å². The number of nitro benzene ring substituents is 2. The number of rotatable bonds is 13. The van der Waals surface area contributed by atoms with E-state index in [0.29, 0.717) is 22.4 Å². The van der Waals surface area contributed by atoms with Gasteiger partial charge in [-0.2, -0.15) is 0 Å². The van der Waals surface area contributed by atoms with Crippen LogP contribution in [0.1, 0.15) is 48.8 Å². The van der Waals surface area contributed by atoms with Crippen LogP contribution in [0.25, 0.3) is 0 Å². The molecule has 0 aliphatic rings. The third-order valence-corrected chi connectivity index (χ3v) is 6.72. The van der Waals surface area contributed by atoms with Gasteiger partial charge in [0.25, 0.3) is 11.4 Å². The molecule has 0 heterocycles. The summed E-state index contributed by atoms with van der Waals surface area (Å²) in [5, 5.41) is 81.9. The molecule has 0 fully saturated rings. The first kappa shape index (κ1) is 41.9. The van der Waals surface area contributed by atoms with Crippen LogP contribution < -0.4 is 22.1 Å². The molecule has 18 nitrogen and oxygen atoms in total. The third-order valence-electron chi connectivity index (χ3n) is 6.72. The van der Waals surface area contributed by atoms with Gasteiger partial charge in [-0.05, 0) is 53.1 Å². The number of carbonyl (C=O) groups is 2. The number of hydrogen-bond donors (Lipinski definition) is 10. The van der Waals surface area contributed by atoms with E-state index in [2.05, 4.69) is 10.6 Å². The first-order valence-corrected chi connectivity index (χ1v) is 14.6. The number of hydrogen-bond acceptors (Lipinski definition) is 14. The first-order chi connectivity index (χ1) is 23.1. The average molecular weight is 691 g/mol. The highest BCUT2D eigenvalue weighted by atomic mass is 16.6. The highest BCUT2D eigenvalue weighted by molar-refractivity contribution is 5.73. The number of nitrogen functional groups attached to an aromatic ring is 1. The molecule has 0 bridgehead atoms. The maximum Gasteiger partial charge on any atom is 0.269 e. The van der Waals surface area contributed by atoms with Gasteiger partial charge in [-0.1, -0.05) is 12.1 Å². The number of nitrogens with one attached hydrogen (secondary N) is 2. The SMILES string of the molecule is CC(=O)N[C@H](CO)[C@H](O)c1ccc(N)cc1.CC(=O)N[C@H](CO)[C@H](O)c1ccc([N+](=O)[O-])cc1.N[C@H](CO)[C@H](O)c1ccc([N+](=O)[O-])cc1. The zero-order valence-corrected chi connectivity index (χ0v) is 26.7. The second kappa shape index (κ2) is 21.0. The van der Waals surface area contributed by atoms with Crippen LogP contribution in [0.4, 0.5) is 17.1 Å². The second-order valence-electron chi connectivity index (χ2n) is 10.5. The van der Waals surface area contributed by atoms with E-state index in [0.717, 1.165) is 0 Å². The van der Waals surface area contributed by atoms with Crippen molar-refractivity contribution in [2.24, 2.45) is 5.73 Å². The molecule has 49 heavy (non-hydrogen) atoms. The Morgan fingerprint density at radius 3 is 1.20 bits per heavy atom. The van der Waals surface area contributed by atoms with Crippen molar-refractivity contribution >= 4 is 28.9 Å². The maximum absolute atomic E-state index is 10.9. The highest BCUT2D eigenvalue weighted by Gasteiger charge is 2.22. The van der Waals surface area contributed by atoms with Gasteiger partial charge in [-0.15, -0.1) is 0 Å². The fourth-order valence-corrected chi connectivity index (χ4v) is 4.06. The topological polar surface area (TPSA) is 318 Å². The van der Waals surface area contributed by atoms with E-state index in [1.54, 1.807) is 24.3 Å². The Morgan fingerprint density at radius 2 is 0.939 bits per heavy atom. The molecule has 0 saturated heterocycles. The van der Waals surface area contributed by atoms with Gasteiger partial charge in [0.2, 0.25) is 11.8 Å². The third kappa shape index (κ3) is 14.3. The molecule has 6 atom stereocenters. The van der Waals surface area contributed by atoms with E-state index in [9.17, 15) is 45.1 Å². The number of amides is 2. The molecule has 0 aliphatic carbocycles. The average Bonchev–Trinajstić information content (AvgIpc) is 3.09. The zero-order valence-electron chi connectivity index (χ0n) is 26.7. The van der Waals surface area contributed by atoms with Crippen LogP contribution in [0.2, 0.25) is 0 Å². The largest absolute Gasteiger partial charge is 0.399 e. The smallest absolute Gasteiger partial charge is 0.269 e. The minimum Gasteiger partial charge on any atom is -0.399 e. The molecule has 0 spiro atoms. The Morgan fingerprint density at radius 1 is 0.633 bits per heavy atom. The monoisotopic (exact) mass is 690 g/mol. The van der Waals surface area contributed by atoms with Crippen molar-refractivity contribution in [3.05, 3.63) is 110 Å². The summed E-state index contributed by atoms with van der Waals surface area (Å²) < 4.78 is 0. The van der Waals surface area contributed by atoms with Gasteiger partial charge >= 0.3 is 0 Å². The zero-order chi connectivity index (χ0) is 37.3. The van der Waals surface area contributed by atoms with Crippen molar-refractivity contribution in [1.82, 2.24) is 10.6 Å². The van der Waals surface area contributed by atoms with Gasteiger partial charge in [0, 0.05) is 43.8 Å². The van der Waals surface area contributed by atoms with Crippen LogP contribution in [-0.4, -0.2) is 90.2 Å². The molecule has 0 unspecified atom stereocenters. The molecule has 0 radical (unpaired) electrons. The number of nitrogens with two attached hydrogens (primary N) is 2. The van der Waals surface area contributed by atoms with Gasteiger partial charge in [-0.3, -0.25) is 29.8 Å². The maximum atomic E-state index is 10.9. The fourth-order valence-electron chi connectivity index (χ4n) is 4.06. The van der Waals surface area contributed by atoms with Crippen molar-refractivity contribution in [1.29, 1.82) is 0 Å². The van der Waals surface area contributed by atoms with Gasteiger partial charge in [-0.25, -0.2) is 0 Å². The lowest BCUT2D eigenvalue weighted by molar-refractivity contribution is -0.385. The van der Waals surface area contributed by atoms with E-state index >= 15 is 0 Å². The minimum absolute atomic E-state index is 0.0523. The lowest BCUT2D eigenvalue weighted by Gasteiger charge is -2.21. The second-order valence-corrected chi connectivity index (χ2v) is 10.5. The predicted octanol–water partition coefficient (Wildman–Crippen LogP) is -0.128. The Labute approximate surface area is 280 Å². The van der Waals surface area contributed by atoms with E-state index in [-0.39, 0.29) is 36.4 Å². The van der Waals surface area contributed by atoms with Crippen molar-refractivity contribution in [2.45, 2.75) is 50.3 Å². The first-order valence-electron chi connectivity index (χ1n) is 14.6. The van der Waals surface area contributed by atoms with Crippen molar-refractivity contribution in [3.63, 3.8) is 0 Å². The summed E-state index contributed by atoms with van der Waals surface area (Å²) in [4.78, 5) is 41.5. The molecule has 0 aromatic heterocycles. The number of aliphatic hydroxyl groups excluding tert-OH is 6. The van der Waals surface area contributed by atoms with E-state index in [4.69, 9.17) is 26.8 Å². The molecule has 3 rings (SSSR count). The summed E-state index contributed by atoms with van der Waals surface area (Å²) >= 11 is 0. The van der Waals surface area contributed by atoms with Crippen LogP contribution in [0, 0.1) is 20.2 Å². The van der Waals surface area contributed by atoms with Gasteiger partial charge in [0.15, 0.2) is 0 Å². The van der Waals surface area contributed by atoms with Crippen molar-refractivity contribution < 1.29 is 50.1 Å². The number of anilines is 1. The summed E-state index contributed by atoms with van der Waals surface area (Å²) in [5.41, 5.74) is 12.8. The number of aliphatic hydroxyl groups is 6. The predicted molar refractivity (Wildman–Crippen MR) is 176 cm³/mol. The summed E-state index contributed by atoms with van der Waals surface area (Å²) in [6.07, 6.45) is -3.09. The van der Waals surface area contributed by atoms with E-state index in [1.807, 2.05) is 0 Å². The molecule has 3 aromatic carbocycles. The van der Waals surface area contributed by atoms with Crippen LogP contribution in [0.5, 0.6) is 0 Å². The fraction of sp³-hybridized carbons (Fsp3) is 0.355. The van der Waals surface area contributed by atoms with Crippen LogP contribution in [0.15, 0.2) is 72.8 Å². The number of non-ortho nitro benzene ring substituents is 2. The van der Waals surface area contributed by atoms with Gasteiger partial charge in [0.05, 0.1) is 53.9 Å². The number of nitro groups is 2. The molecule has 3 aromatic rings. The Hall–Kier alpha value is -5.08. The lowest BCUT2D eigenvalue weighted by atomic mass is 10.0. The molecular formula is C31H42N6O12. The molecule has 0 aliphatic heterocycles. The minimum atomic E-state index is -1.13. The number of benzene rings is 3. The molecule has 12 N–H and O–H groups in total. The molecular weight excluding hydrogens is 648 g/mol. The Kier molecular flexibility index (Phi) is 18.0. The molecule has 2 amide bonds. The van der Waals surface area contributed by atoms with E-state index in [1.165, 1.54) is 62.4 Å². The van der Waals surface area contributed by atoms with E-state index < -0.39 is 52.9 Å². The number of nitrogens with zero attached hydrogens (tertiary/aromatic N) is 2.